The van der Waals surface area contributed by atoms with Gasteiger partial charge in [-0.2, -0.15) is 0 Å². The van der Waals surface area contributed by atoms with Crippen molar-refractivity contribution in [3.05, 3.63) is 64.7 Å². The molecule has 2 aromatic carbocycles. The lowest BCUT2D eigenvalue weighted by atomic mass is 10.0. The molecule has 18 heavy (non-hydrogen) atoms. The van der Waals surface area contributed by atoms with Crippen LogP contribution in [0.4, 0.5) is 0 Å². The molecule has 2 aromatic rings. The van der Waals surface area contributed by atoms with Gasteiger partial charge in [0.2, 0.25) is 0 Å². The summed E-state index contributed by atoms with van der Waals surface area (Å²) in [5.74, 6) is 0.886. The largest absolute Gasteiger partial charge is 0.497 e. The van der Waals surface area contributed by atoms with Crippen molar-refractivity contribution in [3.63, 3.8) is 0 Å². The highest BCUT2D eigenvalue weighted by molar-refractivity contribution is 9.09. The van der Waals surface area contributed by atoms with Crippen LogP contribution >= 0.6 is 27.5 Å². The van der Waals surface area contributed by atoms with E-state index >= 15 is 0 Å². The molecule has 2 rings (SSSR count). The smallest absolute Gasteiger partial charge is 0.118 e. The molecule has 0 spiro atoms. The molecule has 0 aliphatic rings. The Hall–Kier alpha value is -0.990. The number of rotatable bonds is 4. The zero-order valence-corrected chi connectivity index (χ0v) is 12.4. The van der Waals surface area contributed by atoms with Gasteiger partial charge in [0, 0.05) is 9.85 Å². The van der Waals surface area contributed by atoms with Gasteiger partial charge >= 0.3 is 0 Å². The van der Waals surface area contributed by atoms with Gasteiger partial charge in [0.1, 0.15) is 5.75 Å². The molecule has 0 aliphatic heterocycles. The third kappa shape index (κ3) is 3.50. The first kappa shape index (κ1) is 13.4. The Morgan fingerprint density at radius 2 is 1.67 bits per heavy atom. The lowest BCUT2D eigenvalue weighted by molar-refractivity contribution is 0.414. The third-order valence-corrected chi connectivity index (χ3v) is 3.91. The topological polar surface area (TPSA) is 9.23 Å². The van der Waals surface area contributed by atoms with Gasteiger partial charge in [0.15, 0.2) is 0 Å². The van der Waals surface area contributed by atoms with E-state index in [2.05, 4.69) is 28.1 Å². The summed E-state index contributed by atoms with van der Waals surface area (Å²) in [6.07, 6.45) is 0.936. The van der Waals surface area contributed by atoms with Crippen molar-refractivity contribution in [2.24, 2.45) is 0 Å². The molecule has 1 atom stereocenters. The third-order valence-electron chi connectivity index (χ3n) is 2.81. The molecule has 0 aliphatic carbocycles. The van der Waals surface area contributed by atoms with Crippen molar-refractivity contribution in [1.82, 2.24) is 0 Å². The average molecular weight is 326 g/mol. The summed E-state index contributed by atoms with van der Waals surface area (Å²) in [5, 5.41) is 0.767. The Morgan fingerprint density at radius 3 is 2.22 bits per heavy atom. The van der Waals surface area contributed by atoms with E-state index in [4.69, 9.17) is 16.3 Å². The van der Waals surface area contributed by atoms with Crippen LogP contribution in [0.2, 0.25) is 5.02 Å². The second kappa shape index (κ2) is 6.26. The first-order chi connectivity index (χ1) is 8.69. The van der Waals surface area contributed by atoms with E-state index in [9.17, 15) is 0 Å². The predicted molar refractivity (Wildman–Crippen MR) is 79.8 cm³/mol. The molecule has 3 heteroatoms. The molecule has 1 unspecified atom stereocenters. The number of benzene rings is 2. The molecule has 0 N–H and O–H groups in total. The lowest BCUT2D eigenvalue weighted by Gasteiger charge is -2.11. The molecule has 0 heterocycles. The molecule has 0 fully saturated rings. The summed E-state index contributed by atoms with van der Waals surface area (Å²) in [6, 6.07) is 16.1. The van der Waals surface area contributed by atoms with E-state index < -0.39 is 0 Å². The first-order valence-corrected chi connectivity index (χ1v) is 7.01. The van der Waals surface area contributed by atoms with E-state index in [1.165, 1.54) is 11.1 Å². The Balaban J connectivity index is 2.05. The van der Waals surface area contributed by atoms with Crippen LogP contribution in [-0.4, -0.2) is 7.11 Å². The summed E-state index contributed by atoms with van der Waals surface area (Å²) >= 11 is 9.59. The monoisotopic (exact) mass is 324 g/mol. The fourth-order valence-corrected chi connectivity index (χ4v) is 2.56. The van der Waals surface area contributed by atoms with Crippen molar-refractivity contribution in [1.29, 1.82) is 0 Å². The number of halogens is 2. The highest BCUT2D eigenvalue weighted by Crippen LogP contribution is 2.28. The van der Waals surface area contributed by atoms with Gasteiger partial charge in [-0.3, -0.25) is 0 Å². The number of hydrogen-bond acceptors (Lipinski definition) is 1. The first-order valence-electron chi connectivity index (χ1n) is 5.71. The van der Waals surface area contributed by atoms with E-state index in [0.29, 0.717) is 4.83 Å². The van der Waals surface area contributed by atoms with E-state index in [0.717, 1.165) is 17.2 Å². The molecule has 0 bridgehead atoms. The molecular weight excluding hydrogens is 312 g/mol. The summed E-state index contributed by atoms with van der Waals surface area (Å²) < 4.78 is 5.15. The Kier molecular flexibility index (Phi) is 4.67. The van der Waals surface area contributed by atoms with Crippen LogP contribution < -0.4 is 4.74 Å². The number of hydrogen-bond donors (Lipinski definition) is 0. The quantitative estimate of drug-likeness (QED) is 0.717. The second-order valence-corrected chi connectivity index (χ2v) is 5.61. The molecule has 0 radical (unpaired) electrons. The summed E-state index contributed by atoms with van der Waals surface area (Å²) in [7, 11) is 1.68. The van der Waals surface area contributed by atoms with Crippen LogP contribution in [0.25, 0.3) is 0 Å². The van der Waals surface area contributed by atoms with Gasteiger partial charge in [0.25, 0.3) is 0 Å². The highest BCUT2D eigenvalue weighted by atomic mass is 79.9. The minimum atomic E-state index is 0.295. The highest BCUT2D eigenvalue weighted by Gasteiger charge is 2.08. The minimum absolute atomic E-state index is 0.295. The zero-order valence-electron chi connectivity index (χ0n) is 10.1. The van der Waals surface area contributed by atoms with Gasteiger partial charge < -0.3 is 4.74 Å². The zero-order chi connectivity index (χ0) is 13.0. The fourth-order valence-electron chi connectivity index (χ4n) is 1.76. The van der Waals surface area contributed by atoms with E-state index in [1.54, 1.807) is 7.11 Å². The van der Waals surface area contributed by atoms with Crippen LogP contribution in [-0.2, 0) is 6.42 Å². The second-order valence-electron chi connectivity index (χ2n) is 4.07. The Morgan fingerprint density at radius 1 is 1.06 bits per heavy atom. The van der Waals surface area contributed by atoms with Crippen LogP contribution in [0.1, 0.15) is 16.0 Å². The van der Waals surface area contributed by atoms with Crippen molar-refractivity contribution >= 4 is 27.5 Å². The van der Waals surface area contributed by atoms with Crippen LogP contribution in [0, 0.1) is 0 Å². The predicted octanol–water partition coefficient (Wildman–Crippen LogP) is 5.03. The molecular formula is C15H14BrClO. The SMILES string of the molecule is COc1ccc(CC(Br)c2ccc(Cl)cc2)cc1. The molecule has 0 saturated carbocycles. The van der Waals surface area contributed by atoms with Gasteiger partial charge in [-0.15, -0.1) is 0 Å². The minimum Gasteiger partial charge on any atom is -0.497 e. The van der Waals surface area contributed by atoms with Gasteiger partial charge in [-0.1, -0.05) is 51.8 Å². The molecule has 0 aromatic heterocycles. The van der Waals surface area contributed by atoms with Crippen LogP contribution in [0.5, 0.6) is 5.75 Å². The van der Waals surface area contributed by atoms with E-state index in [-0.39, 0.29) is 0 Å². The van der Waals surface area contributed by atoms with Crippen LogP contribution in [0.15, 0.2) is 48.5 Å². The number of ether oxygens (including phenoxy) is 1. The van der Waals surface area contributed by atoms with Crippen LogP contribution in [0.3, 0.4) is 0 Å². The fraction of sp³-hybridized carbons (Fsp3) is 0.200. The Bertz CT molecular complexity index is 493. The lowest BCUT2D eigenvalue weighted by Crippen LogP contribution is -1.95. The van der Waals surface area contributed by atoms with Crippen molar-refractivity contribution in [2.75, 3.05) is 7.11 Å². The number of alkyl halides is 1. The maximum absolute atomic E-state index is 5.88. The standard InChI is InChI=1S/C15H14BrClO/c1-18-14-8-2-11(3-9-14)10-15(16)12-4-6-13(17)7-5-12/h2-9,15H,10H2,1H3. The van der Waals surface area contributed by atoms with Crippen molar-refractivity contribution < 1.29 is 4.74 Å². The normalized spacial score (nSPS) is 12.2. The summed E-state index contributed by atoms with van der Waals surface area (Å²) in [6.45, 7) is 0. The molecule has 0 saturated heterocycles. The maximum atomic E-state index is 5.88. The van der Waals surface area contributed by atoms with E-state index in [1.807, 2.05) is 36.4 Å². The maximum Gasteiger partial charge on any atom is 0.118 e. The molecule has 0 amide bonds. The number of methoxy groups -OCH3 is 1. The average Bonchev–Trinajstić information content (AvgIpc) is 2.40. The summed E-state index contributed by atoms with van der Waals surface area (Å²) in [5.41, 5.74) is 2.50. The van der Waals surface area contributed by atoms with Gasteiger partial charge in [0.05, 0.1) is 7.11 Å². The van der Waals surface area contributed by atoms with Gasteiger partial charge in [-0.25, -0.2) is 0 Å². The van der Waals surface area contributed by atoms with Crippen molar-refractivity contribution in [2.45, 2.75) is 11.2 Å². The van der Waals surface area contributed by atoms with Gasteiger partial charge in [-0.05, 0) is 41.8 Å². The molecule has 1 nitrogen and oxygen atoms in total. The van der Waals surface area contributed by atoms with Crippen molar-refractivity contribution in [3.8, 4) is 5.75 Å². The Labute approximate surface area is 121 Å². The molecule has 94 valence electrons. The summed E-state index contributed by atoms with van der Waals surface area (Å²) in [4.78, 5) is 0.295.